The number of anilines is 2. The van der Waals surface area contributed by atoms with Crippen molar-refractivity contribution in [1.82, 2.24) is 20.5 Å². The molecule has 3 amide bonds. The van der Waals surface area contributed by atoms with Crippen LogP contribution in [0.4, 0.5) is 16.2 Å². The van der Waals surface area contributed by atoms with Gasteiger partial charge < -0.3 is 35.3 Å². The number of amides is 3. The lowest BCUT2D eigenvalue weighted by atomic mass is 10.0. The number of nitrogens with one attached hydrogen (secondary N) is 4. The molecular formula is C51H56N6O6. The summed E-state index contributed by atoms with van der Waals surface area (Å²) in [5, 5.41) is 20.5. The predicted molar refractivity (Wildman–Crippen MR) is 249 cm³/mol. The fourth-order valence-electron chi connectivity index (χ4n) is 8.14. The highest BCUT2D eigenvalue weighted by Crippen LogP contribution is 2.29. The zero-order chi connectivity index (χ0) is 44.3. The average molecular weight is 849 g/mol. The van der Waals surface area contributed by atoms with Crippen molar-refractivity contribution in [2.45, 2.75) is 64.6 Å². The van der Waals surface area contributed by atoms with Crippen LogP contribution in [-0.4, -0.2) is 78.3 Å². The molecule has 63 heavy (non-hydrogen) atoms. The number of pyridine rings is 1. The number of hydrogen-bond acceptors (Lipinski definition) is 8. The van der Waals surface area contributed by atoms with E-state index in [1.807, 2.05) is 85.8 Å². The highest BCUT2D eigenvalue weighted by molar-refractivity contribution is 5.98. The molecule has 12 nitrogen and oxygen atoms in total. The molecule has 1 atom stereocenters. The number of aryl methyl sites for hydroxylation is 1. The second-order valence-electron chi connectivity index (χ2n) is 16.4. The van der Waals surface area contributed by atoms with E-state index in [9.17, 15) is 24.3 Å². The number of benzene rings is 5. The van der Waals surface area contributed by atoms with Gasteiger partial charge in [0.1, 0.15) is 11.9 Å². The van der Waals surface area contributed by atoms with Crippen LogP contribution in [0, 0.1) is 6.92 Å². The number of para-hydroxylation sites is 1. The van der Waals surface area contributed by atoms with Gasteiger partial charge in [0.15, 0.2) is 0 Å². The van der Waals surface area contributed by atoms with E-state index >= 15 is 0 Å². The van der Waals surface area contributed by atoms with Crippen LogP contribution in [0.1, 0.15) is 58.8 Å². The van der Waals surface area contributed by atoms with Crippen molar-refractivity contribution in [2.75, 3.05) is 43.4 Å². The third kappa shape index (κ3) is 11.8. The highest BCUT2D eigenvalue weighted by atomic mass is 16.6. The number of phenolic OH excluding ortho intramolecular Hbond substituents is 1. The minimum atomic E-state index is -0.471. The first-order chi connectivity index (χ1) is 30.5. The van der Waals surface area contributed by atoms with Crippen molar-refractivity contribution in [1.29, 1.82) is 0 Å². The lowest BCUT2D eigenvalue weighted by Gasteiger charge is -2.32. The molecule has 2 heterocycles. The average Bonchev–Trinajstić information content (AvgIpc) is 3.29. The van der Waals surface area contributed by atoms with E-state index in [4.69, 9.17) is 4.74 Å². The molecule has 12 heteroatoms. The van der Waals surface area contributed by atoms with Gasteiger partial charge in [-0.25, -0.2) is 4.79 Å². The number of rotatable bonds is 16. The molecule has 1 fully saturated rings. The van der Waals surface area contributed by atoms with Gasteiger partial charge in [0, 0.05) is 74.0 Å². The lowest BCUT2D eigenvalue weighted by Crippen LogP contribution is -2.40. The zero-order valence-corrected chi connectivity index (χ0v) is 36.2. The number of aromatic nitrogens is 1. The molecule has 1 unspecified atom stereocenters. The summed E-state index contributed by atoms with van der Waals surface area (Å²) in [5.41, 5.74) is 8.13. The summed E-state index contributed by atoms with van der Waals surface area (Å²) in [5.74, 6) is -0.196. The van der Waals surface area contributed by atoms with E-state index < -0.39 is 6.09 Å². The summed E-state index contributed by atoms with van der Waals surface area (Å²) >= 11 is 0. The molecule has 0 bridgehead atoms. The van der Waals surface area contributed by atoms with Crippen molar-refractivity contribution in [3.63, 3.8) is 0 Å². The number of aromatic amines is 1. The normalized spacial score (nSPS) is 13.6. The Morgan fingerprint density at radius 1 is 0.889 bits per heavy atom. The van der Waals surface area contributed by atoms with E-state index in [2.05, 4.69) is 44.9 Å². The van der Waals surface area contributed by atoms with E-state index in [1.165, 1.54) is 11.6 Å². The Bertz CT molecular complexity index is 2590. The quantitative estimate of drug-likeness (QED) is 0.0657. The van der Waals surface area contributed by atoms with Crippen LogP contribution < -0.4 is 26.4 Å². The first-order valence-electron chi connectivity index (χ1n) is 21.7. The van der Waals surface area contributed by atoms with Gasteiger partial charge in [0.25, 0.3) is 5.91 Å². The van der Waals surface area contributed by atoms with Crippen molar-refractivity contribution in [2.24, 2.45) is 0 Å². The Morgan fingerprint density at radius 3 is 2.40 bits per heavy atom. The van der Waals surface area contributed by atoms with Gasteiger partial charge in [-0.3, -0.25) is 19.7 Å². The molecule has 5 N–H and O–H groups in total. The molecular weight excluding hydrogens is 793 g/mol. The second-order valence-corrected chi connectivity index (χ2v) is 16.4. The number of carbonyl (C=O) groups excluding carboxylic acids is 3. The predicted octanol–water partition coefficient (Wildman–Crippen LogP) is 7.97. The van der Waals surface area contributed by atoms with Crippen LogP contribution in [-0.2, 0) is 28.9 Å². The van der Waals surface area contributed by atoms with Gasteiger partial charge in [-0.15, -0.1) is 0 Å². The number of carbonyl (C=O) groups is 3. The van der Waals surface area contributed by atoms with Crippen molar-refractivity contribution < 1.29 is 24.2 Å². The Morgan fingerprint density at radius 2 is 1.62 bits per heavy atom. The van der Waals surface area contributed by atoms with E-state index in [0.29, 0.717) is 54.8 Å². The summed E-state index contributed by atoms with van der Waals surface area (Å²) < 4.78 is 5.80. The molecule has 0 radical (unpaired) electrons. The van der Waals surface area contributed by atoms with Crippen LogP contribution in [0.2, 0.25) is 0 Å². The van der Waals surface area contributed by atoms with Gasteiger partial charge in [-0.2, -0.15) is 0 Å². The molecule has 326 valence electrons. The molecule has 7 rings (SSSR count). The number of nitrogens with zero attached hydrogens (tertiary/aromatic N) is 2. The van der Waals surface area contributed by atoms with Crippen LogP contribution in [0.15, 0.2) is 126 Å². The largest absolute Gasteiger partial charge is 0.506 e. The first kappa shape index (κ1) is 44.3. The van der Waals surface area contributed by atoms with Gasteiger partial charge in [-0.1, -0.05) is 84.9 Å². The number of piperidine rings is 1. The number of hydrogen-bond donors (Lipinski definition) is 5. The summed E-state index contributed by atoms with van der Waals surface area (Å²) in [7, 11) is 1.75. The number of ether oxygens (including phenoxy) is 1. The van der Waals surface area contributed by atoms with Crippen molar-refractivity contribution in [3.05, 3.63) is 159 Å². The molecule has 1 aliphatic heterocycles. The molecule has 5 aromatic carbocycles. The smallest absolute Gasteiger partial charge is 0.411 e. The van der Waals surface area contributed by atoms with E-state index in [-0.39, 0.29) is 35.3 Å². The van der Waals surface area contributed by atoms with E-state index in [0.717, 1.165) is 65.7 Å². The maximum absolute atomic E-state index is 13.4. The topological polar surface area (TPSA) is 156 Å². The Hall–Kier alpha value is -6.76. The van der Waals surface area contributed by atoms with E-state index in [1.54, 1.807) is 36.2 Å². The molecule has 1 saturated heterocycles. The number of fused-ring (bicyclic) bond motifs is 1. The monoisotopic (exact) mass is 848 g/mol. The van der Waals surface area contributed by atoms with Crippen LogP contribution >= 0.6 is 0 Å². The van der Waals surface area contributed by atoms with Crippen molar-refractivity contribution in [3.8, 4) is 16.9 Å². The van der Waals surface area contributed by atoms with Crippen LogP contribution in [0.3, 0.4) is 0 Å². The zero-order valence-electron chi connectivity index (χ0n) is 36.2. The first-order valence-corrected chi connectivity index (χ1v) is 21.7. The molecule has 1 aliphatic rings. The highest BCUT2D eigenvalue weighted by Gasteiger charge is 2.24. The van der Waals surface area contributed by atoms with Gasteiger partial charge in [-0.05, 0) is 104 Å². The number of likely N-dealkylation sites (tertiary alicyclic amines) is 1. The molecule has 0 spiro atoms. The minimum Gasteiger partial charge on any atom is -0.506 e. The standard InChI is InChI=1S/C51H56N6O6/c1-34-13-18-40(50(61)53-33-37-16-14-36(15-17-37)31-35(2)52-27-23-39-19-21-46(58)49-43(39)20-22-47(59)55-49)32-45(34)56(3)48(60)26-30-57-28-24-41(25-29-57)63-51(62)54-44-12-8-7-11-42(44)38-9-5-4-6-10-38/h4-22,32,35,41,52,58H,23-31,33H2,1-3H3,(H,53,61)(H,54,62)(H,55,59). The van der Waals surface area contributed by atoms with Gasteiger partial charge in [0.05, 0.1) is 11.2 Å². The van der Waals surface area contributed by atoms with Crippen LogP contribution in [0.25, 0.3) is 22.0 Å². The lowest BCUT2D eigenvalue weighted by molar-refractivity contribution is -0.118. The SMILES string of the molecule is Cc1ccc(C(=O)NCc2ccc(CC(C)NCCc3ccc(O)c4[nH]c(=O)ccc34)cc2)cc1N(C)C(=O)CCN1CCC(OC(=O)Nc2ccccc2-c2ccccc2)CC1. The number of aromatic hydroxyl groups is 1. The Balaban J connectivity index is 0.818. The second kappa shape index (κ2) is 20.9. The third-order valence-electron chi connectivity index (χ3n) is 11.8. The fraction of sp³-hybridized carbons (Fsp3) is 0.294. The number of phenols is 1. The Kier molecular flexibility index (Phi) is 14.7. The fourth-order valence-corrected chi connectivity index (χ4v) is 8.14. The van der Waals surface area contributed by atoms with Gasteiger partial charge >= 0.3 is 6.09 Å². The summed E-state index contributed by atoms with van der Waals surface area (Å²) in [6.45, 7) is 7.20. The molecule has 1 aromatic heterocycles. The number of H-pyrrole nitrogens is 1. The summed E-state index contributed by atoms with van der Waals surface area (Å²) in [6, 6.07) is 38.2. The Labute approximate surface area is 368 Å². The van der Waals surface area contributed by atoms with Gasteiger partial charge in [0.2, 0.25) is 11.5 Å². The molecule has 0 saturated carbocycles. The maximum atomic E-state index is 13.4. The maximum Gasteiger partial charge on any atom is 0.411 e. The minimum absolute atomic E-state index is 0.0420. The molecule has 6 aromatic rings. The molecule has 0 aliphatic carbocycles. The third-order valence-corrected chi connectivity index (χ3v) is 11.8. The van der Waals surface area contributed by atoms with Crippen LogP contribution in [0.5, 0.6) is 5.75 Å². The summed E-state index contributed by atoms with van der Waals surface area (Å²) in [6.07, 6.45) is 2.59. The summed E-state index contributed by atoms with van der Waals surface area (Å²) in [4.78, 5) is 57.9. The van der Waals surface area contributed by atoms with Crippen molar-refractivity contribution >= 4 is 40.2 Å².